The van der Waals surface area contributed by atoms with E-state index >= 15 is 0 Å². The first-order chi connectivity index (χ1) is 9.02. The minimum absolute atomic E-state index is 0.0382. The van der Waals surface area contributed by atoms with Gasteiger partial charge in [-0.25, -0.2) is 0 Å². The second kappa shape index (κ2) is 5.76. The molecule has 0 atom stereocenters. The van der Waals surface area contributed by atoms with Gasteiger partial charge in [-0.15, -0.1) is 0 Å². The maximum absolute atomic E-state index is 12.5. The van der Waals surface area contributed by atoms with Gasteiger partial charge in [-0.1, -0.05) is 11.6 Å². The van der Waals surface area contributed by atoms with Crippen LogP contribution in [-0.2, 0) is 0 Å². The van der Waals surface area contributed by atoms with Crippen LogP contribution < -0.4 is 4.74 Å². The molecule has 0 amide bonds. The number of ketones is 1. The van der Waals surface area contributed by atoms with Gasteiger partial charge in [-0.2, -0.15) is 0 Å². The van der Waals surface area contributed by atoms with Crippen LogP contribution in [0.4, 0.5) is 0 Å². The molecule has 0 fully saturated rings. The van der Waals surface area contributed by atoms with Crippen LogP contribution in [-0.4, -0.2) is 12.9 Å². The van der Waals surface area contributed by atoms with E-state index in [0.717, 1.165) is 11.3 Å². The summed E-state index contributed by atoms with van der Waals surface area (Å²) in [6.07, 6.45) is 0. The molecule has 2 nitrogen and oxygen atoms in total. The monoisotopic (exact) mass is 338 g/mol. The number of halogens is 2. The molecule has 0 radical (unpaired) electrons. The zero-order chi connectivity index (χ0) is 14.0. The molecule has 0 aromatic heterocycles. The Bertz CT molecular complexity index is 638. The standard InChI is InChI=1S/C15H12BrClO2/c1-9-7-11(19-2)4-6-12(9)15(18)13-5-3-10(17)8-14(13)16/h3-8H,1-2H3. The Hall–Kier alpha value is -1.32. The molecule has 0 spiro atoms. The van der Waals surface area contributed by atoms with Gasteiger partial charge in [-0.05, 0) is 64.8 Å². The largest absolute Gasteiger partial charge is 0.497 e. The third-order valence-corrected chi connectivity index (χ3v) is 3.75. The second-order valence-corrected chi connectivity index (χ2v) is 5.42. The summed E-state index contributed by atoms with van der Waals surface area (Å²) in [6.45, 7) is 1.89. The van der Waals surface area contributed by atoms with Crippen molar-refractivity contribution in [1.29, 1.82) is 0 Å². The number of methoxy groups -OCH3 is 1. The van der Waals surface area contributed by atoms with Crippen LogP contribution in [0.3, 0.4) is 0 Å². The highest BCUT2D eigenvalue weighted by molar-refractivity contribution is 9.10. The van der Waals surface area contributed by atoms with E-state index in [1.807, 2.05) is 13.0 Å². The summed E-state index contributed by atoms with van der Waals surface area (Å²) in [5.41, 5.74) is 2.13. The first-order valence-electron chi connectivity index (χ1n) is 5.67. The Morgan fingerprint density at radius 3 is 2.42 bits per heavy atom. The van der Waals surface area contributed by atoms with Crippen LogP contribution in [0.2, 0.25) is 5.02 Å². The van der Waals surface area contributed by atoms with E-state index in [0.29, 0.717) is 20.6 Å². The highest BCUT2D eigenvalue weighted by atomic mass is 79.9. The van der Waals surface area contributed by atoms with Crippen molar-refractivity contribution < 1.29 is 9.53 Å². The number of hydrogen-bond acceptors (Lipinski definition) is 2. The van der Waals surface area contributed by atoms with Gasteiger partial charge in [-0.3, -0.25) is 4.79 Å². The Balaban J connectivity index is 2.44. The maximum Gasteiger partial charge on any atom is 0.194 e. The first kappa shape index (κ1) is 14.1. The fraction of sp³-hybridized carbons (Fsp3) is 0.133. The van der Waals surface area contributed by atoms with E-state index in [1.165, 1.54) is 0 Å². The smallest absolute Gasteiger partial charge is 0.194 e. The van der Waals surface area contributed by atoms with Gasteiger partial charge < -0.3 is 4.74 Å². The summed E-state index contributed by atoms with van der Waals surface area (Å²) >= 11 is 9.25. The van der Waals surface area contributed by atoms with E-state index in [4.69, 9.17) is 16.3 Å². The molecule has 0 heterocycles. The third-order valence-electron chi connectivity index (χ3n) is 2.85. The molecule has 0 N–H and O–H groups in total. The summed E-state index contributed by atoms with van der Waals surface area (Å²) < 4.78 is 5.83. The normalized spacial score (nSPS) is 10.3. The molecule has 0 saturated carbocycles. The number of ether oxygens (including phenoxy) is 1. The molecule has 0 aliphatic rings. The predicted molar refractivity (Wildman–Crippen MR) is 80.3 cm³/mol. The molecule has 98 valence electrons. The quantitative estimate of drug-likeness (QED) is 0.761. The lowest BCUT2D eigenvalue weighted by atomic mass is 9.99. The Kier molecular flexibility index (Phi) is 4.27. The van der Waals surface area contributed by atoms with Crippen LogP contribution in [0.5, 0.6) is 5.75 Å². The molecular weight excluding hydrogens is 328 g/mol. The van der Waals surface area contributed by atoms with Crippen molar-refractivity contribution in [2.75, 3.05) is 7.11 Å². The van der Waals surface area contributed by atoms with Crippen molar-refractivity contribution in [2.45, 2.75) is 6.92 Å². The number of rotatable bonds is 3. The van der Waals surface area contributed by atoms with Gasteiger partial charge in [0, 0.05) is 20.6 Å². The highest BCUT2D eigenvalue weighted by Crippen LogP contribution is 2.26. The van der Waals surface area contributed by atoms with Gasteiger partial charge in [0.05, 0.1) is 7.11 Å². The Morgan fingerprint density at radius 1 is 1.16 bits per heavy atom. The summed E-state index contributed by atoms with van der Waals surface area (Å²) in [4.78, 5) is 12.5. The van der Waals surface area contributed by atoms with Gasteiger partial charge in [0.15, 0.2) is 5.78 Å². The molecule has 2 aromatic rings. The SMILES string of the molecule is COc1ccc(C(=O)c2ccc(Cl)cc2Br)c(C)c1. The molecule has 2 aromatic carbocycles. The minimum Gasteiger partial charge on any atom is -0.497 e. The van der Waals surface area contributed by atoms with Crippen molar-refractivity contribution in [3.05, 3.63) is 62.6 Å². The number of carbonyl (C=O) groups is 1. The average molecular weight is 340 g/mol. The van der Waals surface area contributed by atoms with Gasteiger partial charge in [0.2, 0.25) is 0 Å². The lowest BCUT2D eigenvalue weighted by molar-refractivity contribution is 0.103. The van der Waals surface area contributed by atoms with Gasteiger partial charge in [0.25, 0.3) is 0 Å². The Morgan fingerprint density at radius 2 is 1.84 bits per heavy atom. The lowest BCUT2D eigenvalue weighted by Gasteiger charge is -2.09. The molecular formula is C15H12BrClO2. The second-order valence-electron chi connectivity index (χ2n) is 4.13. The zero-order valence-corrected chi connectivity index (χ0v) is 12.9. The molecule has 0 aliphatic carbocycles. The highest BCUT2D eigenvalue weighted by Gasteiger charge is 2.15. The number of aryl methyl sites for hydroxylation is 1. The molecule has 2 rings (SSSR count). The van der Waals surface area contributed by atoms with Crippen LogP contribution >= 0.6 is 27.5 Å². The summed E-state index contributed by atoms with van der Waals surface area (Å²) in [5, 5.41) is 0.592. The molecule has 0 bridgehead atoms. The van der Waals surface area contributed by atoms with Crippen molar-refractivity contribution in [3.8, 4) is 5.75 Å². The lowest BCUT2D eigenvalue weighted by Crippen LogP contribution is -2.04. The predicted octanol–water partition coefficient (Wildman–Crippen LogP) is 4.65. The van der Waals surface area contributed by atoms with E-state index in [-0.39, 0.29) is 5.78 Å². The van der Waals surface area contributed by atoms with Crippen LogP contribution in [0.25, 0.3) is 0 Å². The van der Waals surface area contributed by atoms with Crippen molar-refractivity contribution in [2.24, 2.45) is 0 Å². The van der Waals surface area contributed by atoms with Crippen LogP contribution in [0, 0.1) is 6.92 Å². The number of hydrogen-bond donors (Lipinski definition) is 0. The van der Waals surface area contributed by atoms with Crippen molar-refractivity contribution in [3.63, 3.8) is 0 Å². The molecule has 0 unspecified atom stereocenters. The van der Waals surface area contributed by atoms with E-state index < -0.39 is 0 Å². The van der Waals surface area contributed by atoms with Gasteiger partial charge in [0.1, 0.15) is 5.75 Å². The van der Waals surface area contributed by atoms with Gasteiger partial charge >= 0.3 is 0 Å². The fourth-order valence-corrected chi connectivity index (χ4v) is 2.70. The molecule has 0 aliphatic heterocycles. The summed E-state index contributed by atoms with van der Waals surface area (Å²) in [6, 6.07) is 10.5. The first-order valence-corrected chi connectivity index (χ1v) is 6.84. The number of carbonyl (C=O) groups excluding carboxylic acids is 1. The van der Waals surface area contributed by atoms with E-state index in [2.05, 4.69) is 15.9 Å². The maximum atomic E-state index is 12.5. The van der Waals surface area contributed by atoms with E-state index in [1.54, 1.807) is 37.4 Å². The van der Waals surface area contributed by atoms with Crippen molar-refractivity contribution >= 4 is 33.3 Å². The Labute approximate surface area is 125 Å². The third kappa shape index (κ3) is 2.99. The minimum atomic E-state index is -0.0382. The van der Waals surface area contributed by atoms with E-state index in [9.17, 15) is 4.79 Å². The molecule has 4 heteroatoms. The topological polar surface area (TPSA) is 26.3 Å². The zero-order valence-electron chi connectivity index (χ0n) is 10.5. The average Bonchev–Trinajstić information content (AvgIpc) is 2.37. The van der Waals surface area contributed by atoms with Crippen LogP contribution in [0.1, 0.15) is 21.5 Å². The van der Waals surface area contributed by atoms with Crippen molar-refractivity contribution in [1.82, 2.24) is 0 Å². The fourth-order valence-electron chi connectivity index (χ4n) is 1.84. The summed E-state index contributed by atoms with van der Waals surface area (Å²) in [5.74, 6) is 0.702. The molecule has 19 heavy (non-hydrogen) atoms. The number of benzene rings is 2. The van der Waals surface area contributed by atoms with Crippen LogP contribution in [0.15, 0.2) is 40.9 Å². The summed E-state index contributed by atoms with van der Waals surface area (Å²) in [7, 11) is 1.60. The molecule has 0 saturated heterocycles.